The molecule has 16 rings (SSSR count). The molecule has 0 radical (unpaired) electrons. The summed E-state index contributed by atoms with van der Waals surface area (Å²) >= 11 is 0. The zero-order chi connectivity index (χ0) is 102. The molecule has 4 aliphatic rings. The van der Waals surface area contributed by atoms with Crippen LogP contribution in [0.2, 0.25) is 101 Å². The van der Waals surface area contributed by atoms with E-state index in [2.05, 4.69) is 159 Å². The van der Waals surface area contributed by atoms with Crippen molar-refractivity contribution in [2.45, 2.75) is 207 Å². The molecule has 0 unspecified atom stereocenters. The lowest BCUT2D eigenvalue weighted by atomic mass is 10.1. The lowest BCUT2D eigenvalue weighted by molar-refractivity contribution is 0.327. The van der Waals surface area contributed by atoms with Crippen molar-refractivity contribution >= 4 is 134 Å². The second-order valence-corrected chi connectivity index (χ2v) is 63.7. The Morgan fingerprint density at radius 3 is 0.566 bits per heavy atom. The number of hydrogen-bond acceptors (Lipinski definition) is 20. The van der Waals surface area contributed by atoms with Crippen LogP contribution < -0.4 is 40.2 Å². The molecule has 145 heavy (non-hydrogen) atoms. The lowest BCUT2D eigenvalue weighted by Crippen LogP contribution is -2.37. The monoisotopic (exact) mass is 2000 g/mol. The summed E-state index contributed by atoms with van der Waals surface area (Å²) in [6, 6.07) is 65.4. The zero-order valence-electron chi connectivity index (χ0n) is 86.2. The number of hydrogen-bond donors (Lipinski definition) is 4. The maximum Gasteiger partial charge on any atom is 0.154 e. The van der Waals surface area contributed by atoms with E-state index in [4.69, 9.17) is 58.9 Å². The van der Waals surface area contributed by atoms with E-state index in [1.165, 1.54) is 24.2 Å². The summed E-state index contributed by atoms with van der Waals surface area (Å²) < 4.78 is 26.2. The molecule has 0 bridgehead atoms. The molecule has 736 valence electrons. The van der Waals surface area contributed by atoms with Crippen LogP contribution >= 0.6 is 0 Å². The maximum atomic E-state index is 6.54. The van der Waals surface area contributed by atoms with Gasteiger partial charge >= 0.3 is 0 Å². The molecule has 12 heterocycles. The van der Waals surface area contributed by atoms with Crippen molar-refractivity contribution in [1.82, 2.24) is 61.1 Å². The van der Waals surface area contributed by atoms with Crippen LogP contribution in [0.25, 0.3) is 0 Å². The van der Waals surface area contributed by atoms with Crippen LogP contribution in [0.1, 0.15) is 140 Å². The van der Waals surface area contributed by atoms with E-state index in [1.807, 2.05) is 225 Å². The van der Waals surface area contributed by atoms with Crippen molar-refractivity contribution in [2.24, 2.45) is 39.9 Å². The van der Waals surface area contributed by atoms with Crippen molar-refractivity contribution in [1.29, 1.82) is 0 Å². The predicted octanol–water partition coefficient (Wildman–Crippen LogP) is 24.5. The molecule has 0 aliphatic carbocycles. The summed E-state index contributed by atoms with van der Waals surface area (Å²) in [5.74, 6) is 27.7. The lowest BCUT2D eigenvalue weighted by Gasteiger charge is -2.35. The molecule has 0 amide bonds. The maximum absolute atomic E-state index is 6.54. The third-order valence-electron chi connectivity index (χ3n) is 25.7. The van der Waals surface area contributed by atoms with Crippen LogP contribution in [-0.2, 0) is 0 Å². The Bertz CT molecular complexity index is 6500. The van der Waals surface area contributed by atoms with Crippen LogP contribution in [0.3, 0.4) is 0 Å². The first-order valence-electron chi connectivity index (χ1n) is 50.2. The van der Waals surface area contributed by atoms with Crippen LogP contribution in [0.4, 0.5) is 46.5 Å². The van der Waals surface area contributed by atoms with E-state index >= 15 is 0 Å². The van der Waals surface area contributed by atoms with Crippen LogP contribution in [0, 0.1) is 101 Å². The zero-order valence-corrected chi connectivity index (χ0v) is 91.2. The number of benzene rings is 4. The molecule has 0 spiro atoms. The van der Waals surface area contributed by atoms with Crippen LogP contribution in [-0.4, -0.2) is 153 Å². The van der Waals surface area contributed by atoms with Crippen LogP contribution in [0.5, 0.6) is 23.0 Å². The fourth-order valence-corrected chi connectivity index (χ4v) is 31.8. The van der Waals surface area contributed by atoms with Gasteiger partial charge in [0.15, 0.2) is 46.5 Å². The minimum atomic E-state index is -2.07. The Morgan fingerprint density at radius 1 is 0.221 bits per heavy atom. The molecule has 0 fully saturated rings. The molecule has 8 aromatic heterocycles. The molecule has 29 heteroatoms. The number of aryl methyl sites for hydroxylation is 8. The normalized spacial score (nSPS) is 15.6. The molecular weight excluding hydrogens is 1880 g/mol. The summed E-state index contributed by atoms with van der Waals surface area (Å²) in [7, 11) is -10.2. The van der Waals surface area contributed by atoms with Gasteiger partial charge in [0.05, 0.1) is 34.5 Å². The minimum absolute atomic E-state index is 0.449. The second kappa shape index (κ2) is 47.6. The van der Waals surface area contributed by atoms with Crippen molar-refractivity contribution in [3.05, 3.63) is 308 Å². The fourth-order valence-electron chi connectivity index (χ4n) is 18.0. The third kappa shape index (κ3) is 29.7. The summed E-state index contributed by atoms with van der Waals surface area (Å²) in [6.45, 7) is 37.8. The van der Waals surface area contributed by atoms with Gasteiger partial charge in [0.1, 0.15) is 102 Å². The van der Waals surface area contributed by atoms with Gasteiger partial charge in [-0.2, -0.15) is 0 Å². The number of amidine groups is 8. The molecular formula is C116H128N20O4Si5. The number of nitrogens with one attached hydrogen (secondary N) is 4. The van der Waals surface area contributed by atoms with Gasteiger partial charge in [-0.1, -0.05) is 102 Å². The molecule has 0 atom stereocenters. The van der Waals surface area contributed by atoms with Gasteiger partial charge in [-0.25, -0.2) is 79.8 Å². The average Bonchev–Trinajstić information content (AvgIpc) is 1.65. The van der Waals surface area contributed by atoms with E-state index in [1.54, 1.807) is 49.6 Å². The van der Waals surface area contributed by atoms with Crippen molar-refractivity contribution in [3.8, 4) is 68.9 Å². The second-order valence-electron chi connectivity index (χ2n) is 40.6. The van der Waals surface area contributed by atoms with Gasteiger partial charge in [-0.05, 0) is 294 Å². The minimum Gasteiger partial charge on any atom is -0.493 e. The Balaban J connectivity index is 0.626. The SMILES string of the molecule is Cc1ccnc(N=C2NC(=Nc3cc(C)ccn3)c3cc(OCCC#C[Si](C)(C)CCC[Si](CCC[Si](C)(C)C#CCCOc4ccc5c(c4)C(=Nc4cc(C)ccn4)NC5=Nc4cc(C)ccn4)(CCC[Si](C)(C)C#CCCOc4ccc5c(c4)C(=Nc4cc(C)ccn4)NC5=Nc4cc(C)ccn4)CCC[Si](C)(C)C#CCCOc4ccc5c(c4)C(=Nc4cc(C)ccn4)NC5=Nc4cc(C)ccn4)ccc32)c1. The van der Waals surface area contributed by atoms with E-state index in [-0.39, 0.29) is 0 Å². The van der Waals surface area contributed by atoms with Gasteiger partial charge in [0, 0.05) is 120 Å². The number of aliphatic imine (C=N–C) groups is 8. The van der Waals surface area contributed by atoms with E-state index in [9.17, 15) is 0 Å². The largest absolute Gasteiger partial charge is 0.493 e. The highest BCUT2D eigenvalue weighted by atomic mass is 28.3. The van der Waals surface area contributed by atoms with Gasteiger partial charge in [-0.3, -0.25) is 0 Å². The van der Waals surface area contributed by atoms with Crippen molar-refractivity contribution in [2.75, 3.05) is 26.4 Å². The highest BCUT2D eigenvalue weighted by Gasteiger charge is 2.37. The highest BCUT2D eigenvalue weighted by molar-refractivity contribution is 6.87. The average molecular weight is 2010 g/mol. The summed E-state index contributed by atoms with van der Waals surface area (Å²) in [5.41, 5.74) is 31.4. The van der Waals surface area contributed by atoms with Crippen LogP contribution in [0.15, 0.2) is 259 Å². The number of ether oxygens (including phenoxy) is 4. The molecule has 4 aromatic carbocycles. The predicted molar refractivity (Wildman–Crippen MR) is 604 cm³/mol. The Morgan fingerprint density at radius 2 is 0.393 bits per heavy atom. The van der Waals surface area contributed by atoms with Gasteiger partial charge < -0.3 is 40.2 Å². The summed E-state index contributed by atoms with van der Waals surface area (Å²) in [6.07, 6.45) is 21.3. The fraction of sp³-hybridized carbons (Fsp3) is 0.310. The van der Waals surface area contributed by atoms with Gasteiger partial charge in [0.25, 0.3) is 0 Å². The Labute approximate surface area is 858 Å². The molecule has 24 nitrogen and oxygen atoms in total. The highest BCUT2D eigenvalue weighted by Crippen LogP contribution is 2.40. The third-order valence-corrected chi connectivity index (χ3v) is 41.2. The first kappa shape index (κ1) is 103. The first-order valence-corrected chi connectivity index (χ1v) is 65.8. The quantitative estimate of drug-likeness (QED) is 0.0161. The number of aromatic nitrogens is 8. The Hall–Kier alpha value is -14.8. The van der Waals surface area contributed by atoms with Crippen molar-refractivity contribution < 1.29 is 18.9 Å². The first-order chi connectivity index (χ1) is 69.9. The summed E-state index contributed by atoms with van der Waals surface area (Å²) in [5, 5.41) is 13.9. The Kier molecular flexibility index (Phi) is 33.8. The number of rotatable bonds is 36. The van der Waals surface area contributed by atoms with E-state index < -0.39 is 40.4 Å². The molecule has 4 aliphatic heterocycles. The molecule has 12 aromatic rings. The summed E-state index contributed by atoms with van der Waals surface area (Å²) in [4.78, 5) is 76.1. The van der Waals surface area contributed by atoms with Gasteiger partial charge in [-0.15, -0.1) is 45.9 Å². The van der Waals surface area contributed by atoms with Crippen molar-refractivity contribution in [3.63, 3.8) is 0 Å². The number of fused-ring (bicyclic) bond motifs is 4. The smallest absolute Gasteiger partial charge is 0.154 e. The number of nitrogens with zero attached hydrogens (tertiary/aromatic N) is 16. The topological polar surface area (TPSA) is 287 Å². The van der Waals surface area contributed by atoms with Gasteiger partial charge in [0.2, 0.25) is 0 Å². The molecule has 0 saturated carbocycles. The standard InChI is InChI=1S/C116H128N20O4Si5/c1-81-37-45-117-101(69-81)125-109-93-33-29-89(77-97(93)113(133-109)129-105-73-85(5)41-49-121-105)137-53-17-21-57-141(9,10)61-25-65-145(66-26-62-142(11,12)58-22-18-54-138-90-30-34-94-98(78-90)114(130-106-74-86(6)42-50-122-106)134-110(94)126-102-70-82(2)38-46-118-102,67-27-63-143(13,14)59-23-19-55-139-91-31-35-95-99(79-91)115(131-107-75-87(7)43-51-123-107)135-111(95)127-103-71-83(3)39-47-119-103)68-28-64-144(15,16)60-24-20-56-140-92-32-36-96-100(80-92)116(132-108-76-88(8)44-52-124-108)136-112(96)128-104-72-84(4)40-48-120-104/h29-52,69-80H,17-20,25-28,53-56,61-68H2,1-16H3,(H,117,121,125,129,133)(H,118,122,126,130,134)(H,119,123,127,131,135)(H,120,124,128,132,136). The van der Waals surface area contributed by atoms with E-state index in [0.717, 1.165) is 162 Å². The molecule has 4 N–H and O–H groups in total. The number of pyridine rings is 8. The molecule has 0 saturated heterocycles. The van der Waals surface area contributed by atoms with E-state index in [0.29, 0.717) is 145 Å².